The normalized spacial score (nSPS) is 10.5. The van der Waals surface area contributed by atoms with Gasteiger partial charge >= 0.3 is 0 Å². The van der Waals surface area contributed by atoms with Gasteiger partial charge in [0.25, 0.3) is 11.7 Å². The van der Waals surface area contributed by atoms with Crippen LogP contribution in [-0.2, 0) is 4.79 Å². The number of hydrogen-bond donors (Lipinski definition) is 2. The van der Waals surface area contributed by atoms with Crippen molar-refractivity contribution in [3.63, 3.8) is 0 Å². The van der Waals surface area contributed by atoms with Gasteiger partial charge in [0.05, 0.1) is 18.4 Å². The van der Waals surface area contributed by atoms with Gasteiger partial charge in [-0.25, -0.2) is 4.39 Å². The summed E-state index contributed by atoms with van der Waals surface area (Å²) in [6.07, 6.45) is 1.40. The number of amides is 1. The van der Waals surface area contributed by atoms with E-state index in [1.807, 2.05) is 0 Å². The molecule has 23 heavy (non-hydrogen) atoms. The van der Waals surface area contributed by atoms with Crippen LogP contribution >= 0.6 is 0 Å². The molecular formula is C17H13FN2O3. The van der Waals surface area contributed by atoms with E-state index in [9.17, 15) is 14.0 Å². The number of Topliss-reactive ketones (excluding diaryl/α,β-unsaturated/α-hetero) is 1. The van der Waals surface area contributed by atoms with Crippen molar-refractivity contribution in [2.24, 2.45) is 0 Å². The van der Waals surface area contributed by atoms with E-state index in [0.717, 1.165) is 0 Å². The van der Waals surface area contributed by atoms with E-state index in [1.165, 1.54) is 31.5 Å². The molecule has 2 aromatic carbocycles. The number of nitrogens with one attached hydrogen (secondary N) is 2. The molecule has 1 amide bonds. The van der Waals surface area contributed by atoms with Crippen LogP contribution in [0.5, 0.6) is 5.75 Å². The van der Waals surface area contributed by atoms with Gasteiger partial charge in [-0.3, -0.25) is 9.59 Å². The van der Waals surface area contributed by atoms with Gasteiger partial charge in [-0.05, 0) is 30.3 Å². The zero-order valence-electron chi connectivity index (χ0n) is 12.2. The number of rotatable bonds is 4. The van der Waals surface area contributed by atoms with Crippen molar-refractivity contribution in [3.05, 3.63) is 60.0 Å². The Hall–Kier alpha value is -3.15. The molecular weight excluding hydrogens is 299 g/mol. The molecule has 0 aliphatic carbocycles. The number of ether oxygens (including phenoxy) is 1. The van der Waals surface area contributed by atoms with Gasteiger partial charge in [-0.15, -0.1) is 0 Å². The van der Waals surface area contributed by atoms with Gasteiger partial charge in [0, 0.05) is 17.1 Å². The van der Waals surface area contributed by atoms with Crippen molar-refractivity contribution < 1.29 is 18.7 Å². The first-order chi connectivity index (χ1) is 11.1. The monoisotopic (exact) mass is 312 g/mol. The maximum atomic E-state index is 13.4. The average molecular weight is 312 g/mol. The number of halogens is 1. The van der Waals surface area contributed by atoms with Crippen molar-refractivity contribution in [3.8, 4) is 5.75 Å². The van der Waals surface area contributed by atoms with Crippen LogP contribution in [0.3, 0.4) is 0 Å². The van der Waals surface area contributed by atoms with Crippen LogP contribution in [0.25, 0.3) is 10.9 Å². The van der Waals surface area contributed by atoms with Crippen molar-refractivity contribution in [2.45, 2.75) is 0 Å². The zero-order valence-corrected chi connectivity index (χ0v) is 12.2. The summed E-state index contributed by atoms with van der Waals surface area (Å²) in [5, 5.41) is 2.87. The Bertz CT molecular complexity index is 902. The molecule has 0 saturated heterocycles. The van der Waals surface area contributed by atoms with E-state index >= 15 is 0 Å². The summed E-state index contributed by atoms with van der Waals surface area (Å²) >= 11 is 0. The van der Waals surface area contributed by atoms with Crippen molar-refractivity contribution >= 4 is 28.3 Å². The highest BCUT2D eigenvalue weighted by atomic mass is 19.1. The lowest BCUT2D eigenvalue weighted by Gasteiger charge is -2.08. The number of carbonyl (C=O) groups is 2. The summed E-state index contributed by atoms with van der Waals surface area (Å²) in [6, 6.07) is 10.8. The number of carbonyl (C=O) groups excluding carboxylic acids is 2. The molecule has 1 heterocycles. The topological polar surface area (TPSA) is 71.2 Å². The number of ketones is 1. The Morgan fingerprint density at radius 1 is 1.17 bits per heavy atom. The summed E-state index contributed by atoms with van der Waals surface area (Å²) in [4.78, 5) is 27.4. The minimum atomic E-state index is -0.820. The molecule has 0 aliphatic heterocycles. The lowest BCUT2D eigenvalue weighted by atomic mass is 10.1. The first-order valence-corrected chi connectivity index (χ1v) is 6.85. The molecule has 0 radical (unpaired) electrons. The highest BCUT2D eigenvalue weighted by Gasteiger charge is 2.21. The predicted molar refractivity (Wildman–Crippen MR) is 84.2 cm³/mol. The Kier molecular flexibility index (Phi) is 3.80. The number of H-pyrrole nitrogens is 1. The smallest absolute Gasteiger partial charge is 0.296 e. The van der Waals surface area contributed by atoms with E-state index in [-0.39, 0.29) is 5.56 Å². The molecule has 0 aliphatic rings. The SMILES string of the molecule is COc1ccccc1NC(=O)C(=O)c1c[nH]c2ccc(F)cc12. The lowest BCUT2D eigenvalue weighted by Crippen LogP contribution is -2.23. The third-order valence-electron chi connectivity index (χ3n) is 3.45. The molecule has 0 fully saturated rings. The third kappa shape index (κ3) is 2.78. The molecule has 116 valence electrons. The fraction of sp³-hybridized carbons (Fsp3) is 0.0588. The maximum absolute atomic E-state index is 13.4. The van der Waals surface area contributed by atoms with Crippen LogP contribution in [0.1, 0.15) is 10.4 Å². The molecule has 0 spiro atoms. The molecule has 0 unspecified atom stereocenters. The highest BCUT2D eigenvalue weighted by Crippen LogP contribution is 2.24. The summed E-state index contributed by atoms with van der Waals surface area (Å²) in [7, 11) is 1.47. The maximum Gasteiger partial charge on any atom is 0.296 e. The fourth-order valence-corrected chi connectivity index (χ4v) is 2.33. The van der Waals surface area contributed by atoms with Crippen molar-refractivity contribution in [1.29, 1.82) is 0 Å². The van der Waals surface area contributed by atoms with Crippen LogP contribution in [-0.4, -0.2) is 23.8 Å². The highest BCUT2D eigenvalue weighted by molar-refractivity contribution is 6.48. The number of aromatic amines is 1. The summed E-state index contributed by atoms with van der Waals surface area (Å²) in [5.41, 5.74) is 1.09. The van der Waals surface area contributed by atoms with Crippen LogP contribution in [0.4, 0.5) is 10.1 Å². The number of fused-ring (bicyclic) bond motifs is 1. The van der Waals surface area contributed by atoms with Crippen molar-refractivity contribution in [2.75, 3.05) is 12.4 Å². The lowest BCUT2D eigenvalue weighted by molar-refractivity contribution is -0.112. The predicted octanol–water partition coefficient (Wildman–Crippen LogP) is 3.14. The number of aromatic nitrogens is 1. The van der Waals surface area contributed by atoms with E-state index in [2.05, 4.69) is 10.3 Å². The summed E-state index contributed by atoms with van der Waals surface area (Å²) in [5.74, 6) is -1.61. The molecule has 5 nitrogen and oxygen atoms in total. The number of methoxy groups -OCH3 is 1. The molecule has 2 N–H and O–H groups in total. The summed E-state index contributed by atoms with van der Waals surface area (Å²) < 4.78 is 18.5. The molecule has 0 bridgehead atoms. The van der Waals surface area contributed by atoms with Gasteiger partial charge in [0.1, 0.15) is 11.6 Å². The minimum absolute atomic E-state index is 0.117. The number of hydrogen-bond acceptors (Lipinski definition) is 3. The second-order valence-corrected chi connectivity index (χ2v) is 4.88. The number of anilines is 1. The third-order valence-corrected chi connectivity index (χ3v) is 3.45. The second-order valence-electron chi connectivity index (χ2n) is 4.88. The van der Waals surface area contributed by atoms with Crippen molar-refractivity contribution in [1.82, 2.24) is 4.98 Å². The van der Waals surface area contributed by atoms with Crippen LogP contribution in [0, 0.1) is 5.82 Å². The Labute approximate surface area is 131 Å². The van der Waals surface area contributed by atoms with E-state index in [0.29, 0.717) is 22.3 Å². The van der Waals surface area contributed by atoms with E-state index in [4.69, 9.17) is 4.74 Å². The molecule has 1 aromatic heterocycles. The molecule has 3 rings (SSSR count). The van der Waals surface area contributed by atoms with Crippen LogP contribution in [0.15, 0.2) is 48.7 Å². The van der Waals surface area contributed by atoms with Gasteiger partial charge in [0.15, 0.2) is 0 Å². The molecule has 0 saturated carbocycles. The first-order valence-electron chi connectivity index (χ1n) is 6.85. The van der Waals surface area contributed by atoms with E-state index < -0.39 is 17.5 Å². The van der Waals surface area contributed by atoms with Gasteiger partial charge in [-0.1, -0.05) is 12.1 Å². The first kappa shape index (κ1) is 14.8. The van der Waals surface area contributed by atoms with Gasteiger partial charge in [0.2, 0.25) is 0 Å². The minimum Gasteiger partial charge on any atom is -0.495 e. The summed E-state index contributed by atoms with van der Waals surface area (Å²) in [6.45, 7) is 0. The Morgan fingerprint density at radius 2 is 1.96 bits per heavy atom. The molecule has 6 heteroatoms. The van der Waals surface area contributed by atoms with Gasteiger partial charge in [-0.2, -0.15) is 0 Å². The standard InChI is InChI=1S/C17H13FN2O3/c1-23-15-5-3-2-4-14(15)20-17(22)16(21)12-9-19-13-7-6-10(18)8-11(12)13/h2-9,19H,1H3,(H,20,22). The van der Waals surface area contributed by atoms with Gasteiger partial charge < -0.3 is 15.0 Å². The van der Waals surface area contributed by atoms with E-state index in [1.54, 1.807) is 24.3 Å². The van der Waals surface area contributed by atoms with Crippen LogP contribution in [0.2, 0.25) is 0 Å². The average Bonchev–Trinajstić information content (AvgIpc) is 2.97. The number of benzene rings is 2. The van der Waals surface area contributed by atoms with Crippen LogP contribution < -0.4 is 10.1 Å². The number of para-hydroxylation sites is 2. The second kappa shape index (κ2) is 5.92. The Morgan fingerprint density at radius 3 is 2.74 bits per heavy atom. The fourth-order valence-electron chi connectivity index (χ4n) is 2.33. The largest absolute Gasteiger partial charge is 0.495 e. The Balaban J connectivity index is 1.90. The molecule has 3 aromatic rings. The quantitative estimate of drug-likeness (QED) is 0.574. The molecule has 0 atom stereocenters. The zero-order chi connectivity index (χ0) is 16.4.